The van der Waals surface area contributed by atoms with Crippen molar-refractivity contribution in [1.82, 2.24) is 9.21 Å². The quantitative estimate of drug-likeness (QED) is 0.786. The monoisotopic (exact) mass is 264 g/mol. The molecule has 0 aromatic carbocycles. The standard InChI is InChI=1S/C11H24N2O3S/c1-10(9-14)17(15,16)13-7-5-12(6-8-13)11(2,3)4/h10,14H,5-9H2,1-4H3. The summed E-state index contributed by atoms with van der Waals surface area (Å²) in [5, 5.41) is 8.26. The van der Waals surface area contributed by atoms with Gasteiger partial charge in [-0.1, -0.05) is 0 Å². The Morgan fingerprint density at radius 2 is 1.65 bits per heavy atom. The van der Waals surface area contributed by atoms with Crippen molar-refractivity contribution in [3.05, 3.63) is 0 Å². The van der Waals surface area contributed by atoms with Gasteiger partial charge >= 0.3 is 0 Å². The van der Waals surface area contributed by atoms with Crippen LogP contribution in [0.1, 0.15) is 27.7 Å². The molecule has 1 N–H and O–H groups in total. The number of aliphatic hydroxyl groups excluding tert-OH is 1. The summed E-state index contributed by atoms with van der Waals surface area (Å²) >= 11 is 0. The van der Waals surface area contributed by atoms with Crippen molar-refractivity contribution in [1.29, 1.82) is 0 Å². The summed E-state index contributed by atoms with van der Waals surface area (Å²) in [6.45, 7) is 10.2. The van der Waals surface area contributed by atoms with Gasteiger partial charge in [-0.3, -0.25) is 4.90 Å². The van der Waals surface area contributed by atoms with Crippen molar-refractivity contribution in [2.24, 2.45) is 0 Å². The van der Waals surface area contributed by atoms with Crippen LogP contribution in [0.5, 0.6) is 0 Å². The number of aliphatic hydroxyl groups is 1. The first-order chi connectivity index (χ1) is 7.69. The van der Waals surface area contributed by atoms with E-state index in [-0.39, 0.29) is 12.1 Å². The van der Waals surface area contributed by atoms with Crippen LogP contribution in [0.4, 0.5) is 0 Å². The predicted molar refractivity (Wildman–Crippen MR) is 68.4 cm³/mol. The van der Waals surface area contributed by atoms with Gasteiger partial charge < -0.3 is 5.11 Å². The molecular formula is C11H24N2O3S. The number of rotatable bonds is 3. The van der Waals surface area contributed by atoms with Crippen LogP contribution in [0.15, 0.2) is 0 Å². The number of hydrogen-bond acceptors (Lipinski definition) is 4. The van der Waals surface area contributed by atoms with E-state index in [1.165, 1.54) is 4.31 Å². The highest BCUT2D eigenvalue weighted by molar-refractivity contribution is 7.89. The molecule has 1 fully saturated rings. The summed E-state index contributed by atoms with van der Waals surface area (Å²) in [4.78, 5) is 2.28. The maximum absolute atomic E-state index is 12.0. The third kappa shape index (κ3) is 3.40. The van der Waals surface area contributed by atoms with Crippen LogP contribution in [-0.4, -0.2) is 66.3 Å². The Kier molecular flexibility index (Phi) is 4.57. The molecule has 0 aromatic heterocycles. The van der Waals surface area contributed by atoms with Gasteiger partial charge in [0.15, 0.2) is 0 Å². The van der Waals surface area contributed by atoms with E-state index in [4.69, 9.17) is 5.11 Å². The van der Waals surface area contributed by atoms with Crippen LogP contribution >= 0.6 is 0 Å². The smallest absolute Gasteiger partial charge is 0.219 e. The zero-order valence-electron chi connectivity index (χ0n) is 11.2. The molecule has 6 heteroatoms. The van der Waals surface area contributed by atoms with E-state index in [1.807, 2.05) is 0 Å². The molecule has 1 aliphatic heterocycles. The van der Waals surface area contributed by atoms with Crippen molar-refractivity contribution in [2.75, 3.05) is 32.8 Å². The minimum absolute atomic E-state index is 0.0818. The largest absolute Gasteiger partial charge is 0.395 e. The lowest BCUT2D eigenvalue weighted by atomic mass is 10.1. The van der Waals surface area contributed by atoms with Crippen molar-refractivity contribution in [3.8, 4) is 0 Å². The average Bonchev–Trinajstić information content (AvgIpc) is 2.27. The van der Waals surface area contributed by atoms with Crippen LogP contribution in [0.25, 0.3) is 0 Å². The molecular weight excluding hydrogens is 240 g/mol. The molecule has 1 heterocycles. The summed E-state index contributed by atoms with van der Waals surface area (Å²) in [6, 6.07) is 0. The maximum atomic E-state index is 12.0. The van der Waals surface area contributed by atoms with Crippen molar-refractivity contribution in [3.63, 3.8) is 0 Å². The van der Waals surface area contributed by atoms with Gasteiger partial charge in [0.25, 0.3) is 0 Å². The van der Waals surface area contributed by atoms with Gasteiger partial charge in [0.05, 0.1) is 11.9 Å². The van der Waals surface area contributed by atoms with Crippen LogP contribution < -0.4 is 0 Å². The molecule has 1 saturated heterocycles. The summed E-state index contributed by atoms with van der Waals surface area (Å²) in [5.41, 5.74) is 0.0818. The number of nitrogens with zero attached hydrogens (tertiary/aromatic N) is 2. The van der Waals surface area contributed by atoms with Crippen LogP contribution in [0, 0.1) is 0 Å². The minimum Gasteiger partial charge on any atom is -0.395 e. The molecule has 1 unspecified atom stereocenters. The molecule has 0 radical (unpaired) electrons. The third-order valence-corrected chi connectivity index (χ3v) is 5.56. The fourth-order valence-corrected chi connectivity index (χ4v) is 3.33. The second kappa shape index (κ2) is 5.22. The van der Waals surface area contributed by atoms with E-state index < -0.39 is 15.3 Å². The highest BCUT2D eigenvalue weighted by atomic mass is 32.2. The number of hydrogen-bond donors (Lipinski definition) is 1. The highest BCUT2D eigenvalue weighted by Crippen LogP contribution is 2.18. The first kappa shape index (κ1) is 14.9. The Labute approximate surface area is 104 Å². The molecule has 1 rings (SSSR count). The number of piperazine rings is 1. The first-order valence-electron chi connectivity index (χ1n) is 6.04. The van der Waals surface area contributed by atoms with Crippen molar-refractivity contribution < 1.29 is 13.5 Å². The zero-order valence-corrected chi connectivity index (χ0v) is 12.0. The Bertz CT molecular complexity index is 340. The lowest BCUT2D eigenvalue weighted by Crippen LogP contribution is -2.55. The van der Waals surface area contributed by atoms with E-state index in [1.54, 1.807) is 6.92 Å². The molecule has 0 amide bonds. The van der Waals surface area contributed by atoms with E-state index in [0.717, 1.165) is 13.1 Å². The Hall–Kier alpha value is -0.170. The maximum Gasteiger partial charge on any atom is 0.219 e. The summed E-state index contributed by atoms with van der Waals surface area (Å²) in [7, 11) is -3.32. The molecule has 0 saturated carbocycles. The molecule has 102 valence electrons. The lowest BCUT2D eigenvalue weighted by Gasteiger charge is -2.42. The number of sulfonamides is 1. The summed E-state index contributed by atoms with van der Waals surface area (Å²) in [6.07, 6.45) is 0. The minimum atomic E-state index is -3.32. The predicted octanol–water partition coefficient (Wildman–Crippen LogP) is 0.113. The van der Waals surface area contributed by atoms with Gasteiger partial charge in [0, 0.05) is 31.7 Å². The van der Waals surface area contributed by atoms with Crippen LogP contribution in [0.2, 0.25) is 0 Å². The highest BCUT2D eigenvalue weighted by Gasteiger charge is 2.33. The molecule has 1 atom stereocenters. The second-order valence-electron chi connectivity index (χ2n) is 5.60. The fourth-order valence-electron chi connectivity index (χ4n) is 1.96. The molecule has 0 aromatic rings. The summed E-state index contributed by atoms with van der Waals surface area (Å²) < 4.78 is 25.5. The molecule has 0 spiro atoms. The normalized spacial score (nSPS) is 22.6. The van der Waals surface area contributed by atoms with Gasteiger partial charge in [-0.2, -0.15) is 4.31 Å². The Morgan fingerprint density at radius 1 is 1.18 bits per heavy atom. The van der Waals surface area contributed by atoms with Gasteiger partial charge in [-0.05, 0) is 27.7 Å². The van der Waals surface area contributed by atoms with E-state index >= 15 is 0 Å². The zero-order chi connectivity index (χ0) is 13.3. The first-order valence-corrected chi connectivity index (χ1v) is 7.55. The van der Waals surface area contributed by atoms with Gasteiger partial charge in [-0.15, -0.1) is 0 Å². The van der Waals surface area contributed by atoms with Crippen LogP contribution in [0.3, 0.4) is 0 Å². The Morgan fingerprint density at radius 3 is 2.00 bits per heavy atom. The van der Waals surface area contributed by atoms with E-state index in [9.17, 15) is 8.42 Å². The van der Waals surface area contributed by atoms with Gasteiger partial charge in [0.2, 0.25) is 10.0 Å². The van der Waals surface area contributed by atoms with Crippen molar-refractivity contribution >= 4 is 10.0 Å². The molecule has 0 aliphatic carbocycles. The molecule has 0 bridgehead atoms. The SMILES string of the molecule is CC(CO)S(=O)(=O)N1CCN(C(C)(C)C)CC1. The fraction of sp³-hybridized carbons (Fsp3) is 1.00. The Balaban J connectivity index is 2.64. The third-order valence-electron chi connectivity index (χ3n) is 3.31. The molecule has 1 aliphatic rings. The van der Waals surface area contributed by atoms with Gasteiger partial charge in [0.1, 0.15) is 0 Å². The lowest BCUT2D eigenvalue weighted by molar-refractivity contribution is 0.0915. The van der Waals surface area contributed by atoms with Gasteiger partial charge in [-0.25, -0.2) is 8.42 Å². The average molecular weight is 264 g/mol. The van der Waals surface area contributed by atoms with Crippen molar-refractivity contribution in [2.45, 2.75) is 38.5 Å². The molecule has 5 nitrogen and oxygen atoms in total. The van der Waals surface area contributed by atoms with E-state index in [2.05, 4.69) is 25.7 Å². The summed E-state index contributed by atoms with van der Waals surface area (Å²) in [5.74, 6) is 0. The topological polar surface area (TPSA) is 60.9 Å². The molecule has 17 heavy (non-hydrogen) atoms. The second-order valence-corrected chi connectivity index (χ2v) is 7.95. The van der Waals surface area contributed by atoms with E-state index in [0.29, 0.717) is 13.1 Å². The van der Waals surface area contributed by atoms with Crippen LogP contribution in [-0.2, 0) is 10.0 Å².